The number of hydrogen-bond donors (Lipinski definition) is 2. The normalized spacial score (nSPS) is 18.4. The smallest absolute Gasteiger partial charge is 0.257 e. The molecule has 1 fully saturated rings. The predicted octanol–water partition coefficient (Wildman–Crippen LogP) is 1.25. The Hall–Kier alpha value is -2.34. The van der Waals surface area contributed by atoms with Gasteiger partial charge in [0.05, 0.1) is 0 Å². The summed E-state index contributed by atoms with van der Waals surface area (Å²) in [7, 11) is 3.53. The number of hydrogen-bond acceptors (Lipinski definition) is 3. The lowest BCUT2D eigenvalue weighted by atomic mass is 10.1. The van der Waals surface area contributed by atoms with Gasteiger partial charge in [0.1, 0.15) is 6.04 Å². The van der Waals surface area contributed by atoms with Crippen molar-refractivity contribution in [3.05, 3.63) is 36.0 Å². The molecule has 1 aromatic carbocycles. The number of fused-ring (bicyclic) bond motifs is 1. The van der Waals surface area contributed by atoms with Crippen LogP contribution in [0, 0.1) is 0 Å². The van der Waals surface area contributed by atoms with E-state index in [0.29, 0.717) is 19.4 Å². The van der Waals surface area contributed by atoms with Crippen LogP contribution in [0.15, 0.2) is 30.5 Å². The molecule has 1 unspecified atom stereocenters. The van der Waals surface area contributed by atoms with Gasteiger partial charge in [-0.1, -0.05) is 18.2 Å². The summed E-state index contributed by atoms with van der Waals surface area (Å²) in [5, 5.41) is 2.70. The van der Waals surface area contributed by atoms with Crippen molar-refractivity contribution >= 4 is 22.7 Å². The molecule has 6 heteroatoms. The van der Waals surface area contributed by atoms with E-state index in [1.165, 1.54) is 0 Å². The fraction of sp³-hybridized carbons (Fsp3) is 0.375. The molecule has 116 valence electrons. The van der Waals surface area contributed by atoms with Crippen molar-refractivity contribution in [2.75, 3.05) is 14.1 Å². The predicted molar refractivity (Wildman–Crippen MR) is 83.7 cm³/mol. The number of likely N-dealkylation sites (tertiary alicyclic amines) is 1. The zero-order chi connectivity index (χ0) is 15.7. The molecule has 2 amide bonds. The first-order valence-corrected chi connectivity index (χ1v) is 7.38. The van der Waals surface area contributed by atoms with Crippen LogP contribution in [0.25, 0.3) is 10.9 Å². The van der Waals surface area contributed by atoms with Crippen LogP contribution in [-0.2, 0) is 16.1 Å². The van der Waals surface area contributed by atoms with Crippen molar-refractivity contribution in [2.24, 2.45) is 0 Å². The highest BCUT2D eigenvalue weighted by Crippen LogP contribution is 2.25. The molecule has 1 aromatic heterocycles. The lowest BCUT2D eigenvalue weighted by Crippen LogP contribution is -2.48. The van der Waals surface area contributed by atoms with Crippen LogP contribution >= 0.6 is 0 Å². The second-order valence-electron chi connectivity index (χ2n) is 5.81. The van der Waals surface area contributed by atoms with Crippen molar-refractivity contribution in [2.45, 2.75) is 25.4 Å². The third kappa shape index (κ3) is 2.69. The van der Waals surface area contributed by atoms with E-state index >= 15 is 0 Å². The van der Waals surface area contributed by atoms with Crippen LogP contribution in [-0.4, -0.2) is 46.8 Å². The molecule has 6 nitrogen and oxygen atoms in total. The van der Waals surface area contributed by atoms with Crippen molar-refractivity contribution in [1.29, 1.82) is 0 Å². The Kier molecular flexibility index (Phi) is 3.85. The van der Waals surface area contributed by atoms with E-state index in [1.807, 2.05) is 30.5 Å². The molecule has 22 heavy (non-hydrogen) atoms. The third-order valence-corrected chi connectivity index (χ3v) is 3.98. The van der Waals surface area contributed by atoms with Crippen LogP contribution in [0.1, 0.15) is 18.4 Å². The molecule has 0 bridgehead atoms. The van der Waals surface area contributed by atoms with Gasteiger partial charge >= 0.3 is 0 Å². The molecule has 2 heterocycles. The highest BCUT2D eigenvalue weighted by molar-refractivity contribution is 5.91. The number of aromatic nitrogens is 1. The van der Waals surface area contributed by atoms with Crippen molar-refractivity contribution in [1.82, 2.24) is 20.3 Å². The highest BCUT2D eigenvalue weighted by atomic mass is 16.2. The van der Waals surface area contributed by atoms with Crippen LogP contribution in [0.2, 0.25) is 0 Å². The number of benzene rings is 1. The van der Waals surface area contributed by atoms with Gasteiger partial charge in [0.2, 0.25) is 5.91 Å². The minimum atomic E-state index is -0.399. The maximum atomic E-state index is 12.2. The summed E-state index contributed by atoms with van der Waals surface area (Å²) in [4.78, 5) is 29.3. The monoisotopic (exact) mass is 300 g/mol. The number of rotatable bonds is 4. The lowest BCUT2D eigenvalue weighted by Gasteiger charge is -2.25. The Balaban J connectivity index is 1.82. The number of nitrogens with one attached hydrogen (secondary N) is 2. The molecule has 0 spiro atoms. The Labute approximate surface area is 129 Å². The number of H-pyrrole nitrogens is 1. The van der Waals surface area contributed by atoms with Gasteiger partial charge in [0, 0.05) is 44.2 Å². The fourth-order valence-corrected chi connectivity index (χ4v) is 2.95. The van der Waals surface area contributed by atoms with Gasteiger partial charge in [-0.25, -0.2) is 5.01 Å². The second-order valence-corrected chi connectivity index (χ2v) is 5.81. The molecule has 2 N–H and O–H groups in total. The zero-order valence-corrected chi connectivity index (χ0v) is 12.8. The highest BCUT2D eigenvalue weighted by Gasteiger charge is 2.36. The molecule has 2 aromatic rings. The summed E-state index contributed by atoms with van der Waals surface area (Å²) < 4.78 is 0. The van der Waals surface area contributed by atoms with Gasteiger partial charge in [-0.2, -0.15) is 0 Å². The molecule has 3 rings (SSSR count). The average molecular weight is 300 g/mol. The Morgan fingerprint density at radius 1 is 1.41 bits per heavy atom. The average Bonchev–Trinajstić information content (AvgIpc) is 3.04. The van der Waals surface area contributed by atoms with E-state index < -0.39 is 6.04 Å². The molecule has 1 saturated heterocycles. The van der Waals surface area contributed by atoms with Gasteiger partial charge in [0.15, 0.2) is 0 Å². The van der Waals surface area contributed by atoms with Gasteiger partial charge in [-0.05, 0) is 18.1 Å². The number of carbonyl (C=O) groups is 2. The van der Waals surface area contributed by atoms with Gasteiger partial charge in [0.25, 0.3) is 5.91 Å². The molecular formula is C16H20N4O2. The first-order valence-electron chi connectivity index (χ1n) is 7.38. The first kappa shape index (κ1) is 14.6. The molecular weight excluding hydrogens is 280 g/mol. The lowest BCUT2D eigenvalue weighted by molar-refractivity contribution is -0.137. The third-order valence-electron chi connectivity index (χ3n) is 3.98. The molecule has 0 radical (unpaired) electrons. The van der Waals surface area contributed by atoms with Crippen LogP contribution in [0.4, 0.5) is 0 Å². The largest absolute Gasteiger partial charge is 0.361 e. The minimum absolute atomic E-state index is 0.0317. The van der Waals surface area contributed by atoms with Gasteiger partial charge < -0.3 is 9.88 Å². The van der Waals surface area contributed by atoms with Crippen molar-refractivity contribution < 1.29 is 9.59 Å². The van der Waals surface area contributed by atoms with E-state index in [9.17, 15) is 9.59 Å². The van der Waals surface area contributed by atoms with Crippen molar-refractivity contribution in [3.8, 4) is 0 Å². The zero-order valence-electron chi connectivity index (χ0n) is 12.8. The SMILES string of the molecule is CN(C)NC(=O)C1CCC(=O)N1Cc1c[nH]c2ccccc12. The summed E-state index contributed by atoms with van der Waals surface area (Å²) in [6, 6.07) is 7.57. The summed E-state index contributed by atoms with van der Waals surface area (Å²) in [5.41, 5.74) is 4.82. The van der Waals surface area contributed by atoms with Crippen LogP contribution in [0.3, 0.4) is 0 Å². The van der Waals surface area contributed by atoms with E-state index in [-0.39, 0.29) is 11.8 Å². The Bertz CT molecular complexity index is 707. The Morgan fingerprint density at radius 3 is 2.95 bits per heavy atom. The topological polar surface area (TPSA) is 68.4 Å². The van der Waals surface area contributed by atoms with E-state index in [2.05, 4.69) is 10.4 Å². The van der Waals surface area contributed by atoms with Gasteiger partial charge in [-0.3, -0.25) is 15.0 Å². The number of aromatic amines is 1. The van der Waals surface area contributed by atoms with E-state index in [4.69, 9.17) is 0 Å². The van der Waals surface area contributed by atoms with Crippen LogP contribution in [0.5, 0.6) is 0 Å². The minimum Gasteiger partial charge on any atom is -0.361 e. The van der Waals surface area contributed by atoms with E-state index in [0.717, 1.165) is 16.5 Å². The molecule has 1 aliphatic rings. The number of nitrogens with zero attached hydrogens (tertiary/aromatic N) is 2. The van der Waals surface area contributed by atoms with Crippen LogP contribution < -0.4 is 5.43 Å². The molecule has 0 aliphatic carbocycles. The number of carbonyl (C=O) groups excluding carboxylic acids is 2. The number of para-hydroxylation sites is 1. The summed E-state index contributed by atoms with van der Waals surface area (Å²) in [6.07, 6.45) is 2.91. The molecule has 1 aliphatic heterocycles. The fourth-order valence-electron chi connectivity index (χ4n) is 2.95. The van der Waals surface area contributed by atoms with Crippen molar-refractivity contribution in [3.63, 3.8) is 0 Å². The number of hydrazine groups is 1. The van der Waals surface area contributed by atoms with Gasteiger partial charge in [-0.15, -0.1) is 0 Å². The quantitative estimate of drug-likeness (QED) is 0.835. The maximum absolute atomic E-state index is 12.2. The summed E-state index contributed by atoms with van der Waals surface area (Å²) in [6.45, 7) is 0.453. The second kappa shape index (κ2) is 5.81. The summed E-state index contributed by atoms with van der Waals surface area (Å²) >= 11 is 0. The van der Waals surface area contributed by atoms with E-state index in [1.54, 1.807) is 24.0 Å². The Morgan fingerprint density at radius 2 is 2.18 bits per heavy atom. The molecule has 1 atom stereocenters. The maximum Gasteiger partial charge on any atom is 0.257 e. The standard InChI is InChI=1S/C16H20N4O2/c1-19(2)18-16(22)14-7-8-15(21)20(14)10-11-9-17-13-6-4-3-5-12(11)13/h3-6,9,14,17H,7-8,10H2,1-2H3,(H,18,22). The number of amides is 2. The first-order chi connectivity index (χ1) is 10.6. The summed E-state index contributed by atoms with van der Waals surface area (Å²) in [5.74, 6) is -0.0973. The molecule has 0 saturated carbocycles.